The standard InChI is InChI=1S/C114H79BN4Si2/c1-9-38-80(39-10-1)96-62-35-64-100-98-60-27-31-68-106(98)116(113(96)100)84-72-74-102-110(78-84)118(104-66-29-25-58-94(104)82-42-33-56-92(76-82)120(86-44-13-3-14-45-86,87-46-15-4-16-47-87)88-48-17-5-18-49-88)108-70-37-71-109-112(108)115(102)103-75-73-85(117-107-69-32-28-61-99(107)101-65-36-63-97(114(101)117)81-40-11-2-12-41-81)79-111(103)119(109)105-67-30-26-59-95(105)83-43-34-57-93(77-83)121(89-50-19-6-20-51-89,90-52-21-7-22-53-90)91-54-23-8-24-55-91/h1-79H. The zero-order valence-corrected chi connectivity index (χ0v) is 68.5. The van der Waals surface area contributed by atoms with Crippen molar-refractivity contribution in [1.82, 2.24) is 9.13 Å². The summed E-state index contributed by atoms with van der Waals surface area (Å²) in [5.74, 6) is 0. The van der Waals surface area contributed by atoms with Gasteiger partial charge in [-0.25, -0.2) is 0 Å². The number of hydrogen-bond donors (Lipinski definition) is 0. The number of anilines is 6. The maximum absolute atomic E-state index is 3.02. The summed E-state index contributed by atoms with van der Waals surface area (Å²) in [4.78, 5) is 5.30. The highest BCUT2D eigenvalue weighted by molar-refractivity contribution is 7.20. The lowest BCUT2D eigenvalue weighted by Crippen LogP contribution is -2.74. The zero-order chi connectivity index (χ0) is 80.0. The van der Waals surface area contributed by atoms with Gasteiger partial charge in [0.2, 0.25) is 0 Å². The van der Waals surface area contributed by atoms with Gasteiger partial charge in [-0.1, -0.05) is 419 Å². The first-order valence-electron chi connectivity index (χ1n) is 42.0. The molecule has 0 fully saturated rings. The van der Waals surface area contributed by atoms with Crippen LogP contribution >= 0.6 is 0 Å². The third kappa shape index (κ3) is 11.3. The first kappa shape index (κ1) is 71.2. The molecule has 566 valence electrons. The molecule has 0 spiro atoms. The second kappa shape index (κ2) is 29.5. The fourth-order valence-corrected chi connectivity index (χ4v) is 30.4. The van der Waals surface area contributed by atoms with E-state index >= 15 is 0 Å². The van der Waals surface area contributed by atoms with Gasteiger partial charge < -0.3 is 18.9 Å². The van der Waals surface area contributed by atoms with E-state index in [0.29, 0.717) is 0 Å². The molecule has 0 atom stereocenters. The average molecular weight is 1570 g/mol. The number of para-hydroxylation sites is 6. The summed E-state index contributed by atoms with van der Waals surface area (Å²) in [5, 5.41) is 15.4. The number of nitrogens with zero attached hydrogens (tertiary/aromatic N) is 4. The lowest BCUT2D eigenvalue weighted by molar-refractivity contribution is 1.17. The van der Waals surface area contributed by atoms with Crippen LogP contribution < -0.4 is 67.7 Å². The van der Waals surface area contributed by atoms with Crippen LogP contribution in [0.25, 0.3) is 99.5 Å². The van der Waals surface area contributed by atoms with Crippen molar-refractivity contribution >= 4 is 158 Å². The van der Waals surface area contributed by atoms with E-state index in [4.69, 9.17) is 0 Å². The van der Waals surface area contributed by atoms with Crippen LogP contribution in [0.1, 0.15) is 0 Å². The van der Waals surface area contributed by atoms with Crippen LogP contribution in [-0.4, -0.2) is 32.0 Å². The third-order valence-electron chi connectivity index (χ3n) is 25.8. The molecule has 0 unspecified atom stereocenters. The van der Waals surface area contributed by atoms with Crippen LogP contribution in [0.2, 0.25) is 0 Å². The number of fused-ring (bicyclic) bond motifs is 10. The van der Waals surface area contributed by atoms with Crippen molar-refractivity contribution in [3.8, 4) is 55.9 Å². The van der Waals surface area contributed by atoms with Gasteiger partial charge in [0.05, 0.1) is 33.4 Å². The minimum Gasteiger partial charge on any atom is -0.311 e. The number of aromatic nitrogens is 2. The highest BCUT2D eigenvalue weighted by Crippen LogP contribution is 2.50. The van der Waals surface area contributed by atoms with Crippen molar-refractivity contribution < 1.29 is 0 Å². The van der Waals surface area contributed by atoms with Gasteiger partial charge >= 0.3 is 0 Å². The SMILES string of the molecule is c1ccc(-c2cccc3c4ccccc4n(-c4ccc5c(c4)N(c4ccccc4-c4cccc([Si](c6ccccc6)(c6ccccc6)c6ccccc6)c4)c4cccc6c4B5c4ccc(-n5c7ccccc7c7cccc(-c8ccccc8)c75)cc4N6c4ccccc4-c4cccc([Si](c5ccccc5)(c5ccccc5)c5ccccc5)c4)c23)cc1. The van der Waals surface area contributed by atoms with Crippen LogP contribution in [-0.2, 0) is 0 Å². The molecule has 0 saturated carbocycles. The normalized spacial score (nSPS) is 12.4. The molecule has 23 rings (SSSR count). The van der Waals surface area contributed by atoms with Gasteiger partial charge in [0.25, 0.3) is 6.71 Å². The number of rotatable bonds is 16. The molecule has 4 heterocycles. The summed E-state index contributed by atoms with van der Waals surface area (Å²) >= 11 is 0. The topological polar surface area (TPSA) is 16.3 Å². The van der Waals surface area contributed by atoms with Gasteiger partial charge in [-0.3, -0.25) is 0 Å². The summed E-state index contributed by atoms with van der Waals surface area (Å²) in [5.41, 5.74) is 26.3. The summed E-state index contributed by atoms with van der Waals surface area (Å²) in [6.45, 7) is -0.252. The van der Waals surface area contributed by atoms with Crippen LogP contribution in [0.3, 0.4) is 0 Å². The average Bonchev–Trinajstić information content (AvgIpc) is 0.866. The van der Waals surface area contributed by atoms with Crippen LogP contribution in [0.5, 0.6) is 0 Å². The van der Waals surface area contributed by atoms with Crippen molar-refractivity contribution in [3.05, 3.63) is 479 Å². The molecule has 0 amide bonds. The Hall–Kier alpha value is -15.1. The first-order chi connectivity index (χ1) is 60.1. The molecule has 0 N–H and O–H groups in total. The van der Waals surface area contributed by atoms with Crippen LogP contribution in [0, 0.1) is 0 Å². The summed E-state index contributed by atoms with van der Waals surface area (Å²) in [7, 11) is -6.03. The Kier molecular flexibility index (Phi) is 17.4. The minimum atomic E-state index is -3.02. The summed E-state index contributed by atoms with van der Waals surface area (Å²) < 4.78 is 5.09. The Balaban J connectivity index is 0.802. The van der Waals surface area contributed by atoms with Gasteiger partial charge in [-0.15, -0.1) is 0 Å². The Bertz CT molecular complexity index is 6890. The van der Waals surface area contributed by atoms with E-state index in [1.165, 1.54) is 113 Å². The first-order valence-corrected chi connectivity index (χ1v) is 46.0. The van der Waals surface area contributed by atoms with E-state index in [0.717, 1.165) is 78.8 Å². The van der Waals surface area contributed by atoms with Crippen molar-refractivity contribution in [3.63, 3.8) is 0 Å². The Morgan fingerprint density at radius 1 is 0.182 bits per heavy atom. The maximum Gasteiger partial charge on any atom is 0.252 e. The van der Waals surface area contributed by atoms with E-state index < -0.39 is 16.1 Å². The van der Waals surface area contributed by atoms with E-state index in [2.05, 4.69) is 498 Å². The summed E-state index contributed by atoms with van der Waals surface area (Å²) in [6.07, 6.45) is 0. The number of hydrogen-bond acceptors (Lipinski definition) is 2. The fourth-order valence-electron chi connectivity index (χ4n) is 20.8. The Morgan fingerprint density at radius 2 is 0.455 bits per heavy atom. The second-order valence-electron chi connectivity index (χ2n) is 32.0. The van der Waals surface area contributed by atoms with Crippen LogP contribution in [0.15, 0.2) is 479 Å². The molecule has 4 nitrogen and oxygen atoms in total. The Morgan fingerprint density at radius 3 is 0.826 bits per heavy atom. The van der Waals surface area contributed by atoms with Crippen molar-refractivity contribution in [2.24, 2.45) is 0 Å². The molecule has 19 aromatic carbocycles. The van der Waals surface area contributed by atoms with Gasteiger partial charge in [0.15, 0.2) is 16.1 Å². The van der Waals surface area contributed by atoms with Gasteiger partial charge in [-0.05, 0) is 141 Å². The molecular formula is C114H79BN4Si2. The summed E-state index contributed by atoms with van der Waals surface area (Å²) in [6, 6.07) is 181. The quantitative estimate of drug-likeness (QED) is 0.0708. The smallest absolute Gasteiger partial charge is 0.252 e. The van der Waals surface area contributed by atoms with Crippen LogP contribution in [0.4, 0.5) is 34.1 Å². The molecular weight excluding hydrogens is 1490 g/mol. The monoisotopic (exact) mass is 1570 g/mol. The highest BCUT2D eigenvalue weighted by Gasteiger charge is 2.47. The predicted octanol–water partition coefficient (Wildman–Crippen LogP) is 21.4. The number of benzene rings is 19. The van der Waals surface area contributed by atoms with E-state index in [9.17, 15) is 0 Å². The molecule has 7 heteroatoms. The molecule has 0 radical (unpaired) electrons. The lowest BCUT2D eigenvalue weighted by atomic mass is 9.33. The lowest BCUT2D eigenvalue weighted by Gasteiger charge is -2.45. The zero-order valence-electron chi connectivity index (χ0n) is 66.5. The Labute approximate surface area is 707 Å². The molecule has 21 aromatic rings. The van der Waals surface area contributed by atoms with Crippen molar-refractivity contribution in [2.75, 3.05) is 9.80 Å². The van der Waals surface area contributed by atoms with E-state index in [-0.39, 0.29) is 6.71 Å². The molecule has 0 aliphatic carbocycles. The van der Waals surface area contributed by atoms with Gasteiger partial charge in [0.1, 0.15) is 0 Å². The molecule has 2 aliphatic heterocycles. The second-order valence-corrected chi connectivity index (χ2v) is 39.7. The van der Waals surface area contributed by atoms with E-state index in [1.807, 2.05) is 0 Å². The maximum atomic E-state index is 2.65. The van der Waals surface area contributed by atoms with E-state index in [1.54, 1.807) is 0 Å². The van der Waals surface area contributed by atoms with Gasteiger partial charge in [0, 0.05) is 77.9 Å². The molecule has 0 saturated heterocycles. The third-order valence-corrected chi connectivity index (χ3v) is 35.3. The highest BCUT2D eigenvalue weighted by atomic mass is 28.3. The molecule has 2 aromatic heterocycles. The van der Waals surface area contributed by atoms with Gasteiger partial charge in [-0.2, -0.15) is 0 Å². The minimum absolute atomic E-state index is 0.252. The van der Waals surface area contributed by atoms with Crippen molar-refractivity contribution in [2.45, 2.75) is 0 Å². The molecule has 121 heavy (non-hydrogen) atoms. The molecule has 2 aliphatic rings. The molecule has 0 bridgehead atoms. The fraction of sp³-hybridized carbons (Fsp3) is 0. The largest absolute Gasteiger partial charge is 0.311 e. The predicted molar refractivity (Wildman–Crippen MR) is 518 cm³/mol. The van der Waals surface area contributed by atoms with Crippen molar-refractivity contribution in [1.29, 1.82) is 0 Å².